The highest BCUT2D eigenvalue weighted by Gasteiger charge is 2.26. The van der Waals surface area contributed by atoms with Crippen molar-refractivity contribution < 1.29 is 28.7 Å². The molecule has 0 spiro atoms. The largest absolute Gasteiger partial charge is 0.493 e. The highest BCUT2D eigenvalue weighted by Crippen LogP contribution is 2.33. The fourth-order valence-electron chi connectivity index (χ4n) is 3.75. The summed E-state index contributed by atoms with van der Waals surface area (Å²) in [6, 6.07) is 9.09. The first-order chi connectivity index (χ1) is 16.2. The molecule has 1 atom stereocenters. The van der Waals surface area contributed by atoms with Gasteiger partial charge in [-0.2, -0.15) is 0 Å². The van der Waals surface area contributed by atoms with Crippen LogP contribution in [-0.4, -0.2) is 50.2 Å². The summed E-state index contributed by atoms with van der Waals surface area (Å²) in [5, 5.41) is 14.3. The summed E-state index contributed by atoms with van der Waals surface area (Å²) < 4.78 is 15.6. The molecule has 1 N–H and O–H groups in total. The molecule has 2 aromatic carbocycles. The first-order valence-corrected chi connectivity index (χ1v) is 11.0. The third-order valence-electron chi connectivity index (χ3n) is 5.84. The number of hydrogen-bond acceptors (Lipinski definition) is 8. The molecule has 1 saturated heterocycles. The van der Waals surface area contributed by atoms with Gasteiger partial charge in [0.1, 0.15) is 5.69 Å². The van der Waals surface area contributed by atoms with Crippen molar-refractivity contribution in [1.29, 1.82) is 0 Å². The smallest absolute Gasteiger partial charge is 0.339 e. The van der Waals surface area contributed by atoms with Crippen molar-refractivity contribution in [1.82, 2.24) is 0 Å². The molecule has 0 aromatic heterocycles. The van der Waals surface area contributed by atoms with Gasteiger partial charge in [0.2, 0.25) is 0 Å². The lowest BCUT2D eigenvalue weighted by Gasteiger charge is -2.31. The second kappa shape index (κ2) is 10.9. The lowest BCUT2D eigenvalue weighted by atomic mass is 9.98. The fraction of sp³-hybridized carbons (Fsp3) is 0.417. The maximum absolute atomic E-state index is 12.6. The van der Waals surface area contributed by atoms with E-state index in [2.05, 4.69) is 12.2 Å². The van der Waals surface area contributed by atoms with Crippen LogP contribution in [0.5, 0.6) is 11.5 Å². The van der Waals surface area contributed by atoms with Crippen LogP contribution in [0.4, 0.5) is 17.1 Å². The number of esters is 1. The Morgan fingerprint density at radius 2 is 1.76 bits per heavy atom. The van der Waals surface area contributed by atoms with Gasteiger partial charge in [0.15, 0.2) is 17.6 Å². The van der Waals surface area contributed by atoms with Gasteiger partial charge in [-0.1, -0.05) is 6.92 Å². The molecule has 1 amide bonds. The first kappa shape index (κ1) is 24.8. The van der Waals surface area contributed by atoms with Crippen LogP contribution in [0.15, 0.2) is 36.4 Å². The summed E-state index contributed by atoms with van der Waals surface area (Å²) >= 11 is 0. The van der Waals surface area contributed by atoms with Crippen LogP contribution in [0, 0.1) is 16.0 Å². The molecule has 3 rings (SSSR count). The zero-order chi connectivity index (χ0) is 24.8. The van der Waals surface area contributed by atoms with E-state index >= 15 is 0 Å². The van der Waals surface area contributed by atoms with Gasteiger partial charge in [-0.25, -0.2) is 4.79 Å². The Morgan fingerprint density at radius 1 is 1.09 bits per heavy atom. The highest BCUT2D eigenvalue weighted by atomic mass is 16.6. The second-order valence-electron chi connectivity index (χ2n) is 8.24. The van der Waals surface area contributed by atoms with Gasteiger partial charge in [-0.15, -0.1) is 0 Å². The van der Waals surface area contributed by atoms with Crippen molar-refractivity contribution in [2.24, 2.45) is 5.92 Å². The summed E-state index contributed by atoms with van der Waals surface area (Å²) in [6.45, 7) is 5.03. The predicted octanol–water partition coefficient (Wildman–Crippen LogP) is 4.03. The van der Waals surface area contributed by atoms with Crippen LogP contribution in [0.25, 0.3) is 0 Å². The Bertz CT molecular complexity index is 1060. The van der Waals surface area contributed by atoms with Crippen molar-refractivity contribution in [2.75, 3.05) is 37.5 Å². The molecule has 1 fully saturated rings. The van der Waals surface area contributed by atoms with E-state index < -0.39 is 22.9 Å². The fourth-order valence-corrected chi connectivity index (χ4v) is 3.75. The number of carbonyl (C=O) groups is 2. The Balaban J connectivity index is 1.69. The summed E-state index contributed by atoms with van der Waals surface area (Å²) in [5.41, 5.74) is 0.757. The quantitative estimate of drug-likeness (QED) is 0.348. The summed E-state index contributed by atoms with van der Waals surface area (Å²) in [6.07, 6.45) is 0.768. The summed E-state index contributed by atoms with van der Waals surface area (Å²) in [4.78, 5) is 38.3. The molecule has 0 saturated carbocycles. The lowest BCUT2D eigenvalue weighted by molar-refractivity contribution is -0.384. The normalized spacial score (nSPS) is 14.8. The third-order valence-corrected chi connectivity index (χ3v) is 5.84. The number of methoxy groups -OCH3 is 2. The van der Waals surface area contributed by atoms with E-state index in [1.807, 2.05) is 4.90 Å². The van der Waals surface area contributed by atoms with Crippen molar-refractivity contribution in [2.45, 2.75) is 32.8 Å². The van der Waals surface area contributed by atoms with Crippen LogP contribution >= 0.6 is 0 Å². The van der Waals surface area contributed by atoms with E-state index in [1.54, 1.807) is 24.3 Å². The molecule has 10 heteroatoms. The number of ether oxygens (including phenoxy) is 3. The molecular formula is C24H29N3O7. The molecular weight excluding hydrogens is 442 g/mol. The topological polar surface area (TPSA) is 120 Å². The van der Waals surface area contributed by atoms with E-state index in [0.29, 0.717) is 28.8 Å². The van der Waals surface area contributed by atoms with Gasteiger partial charge < -0.3 is 24.4 Å². The maximum Gasteiger partial charge on any atom is 0.339 e. The zero-order valence-electron chi connectivity index (χ0n) is 19.7. The van der Waals surface area contributed by atoms with E-state index in [9.17, 15) is 19.7 Å². The number of amides is 1. The van der Waals surface area contributed by atoms with E-state index in [4.69, 9.17) is 14.2 Å². The van der Waals surface area contributed by atoms with Gasteiger partial charge >= 0.3 is 5.97 Å². The SMILES string of the molecule is COc1ccc(NC(=O)C(C)OC(=O)c2ccc(N3CCC(C)CC3)c([N+](=O)[O-])c2)cc1OC. The van der Waals surface area contributed by atoms with Crippen molar-refractivity contribution in [3.63, 3.8) is 0 Å². The van der Waals surface area contributed by atoms with E-state index in [1.165, 1.54) is 33.3 Å². The number of hydrogen-bond donors (Lipinski definition) is 1. The minimum absolute atomic E-state index is 0.00611. The van der Waals surface area contributed by atoms with Crippen molar-refractivity contribution >= 4 is 28.9 Å². The van der Waals surface area contributed by atoms with Gasteiger partial charge in [-0.05, 0) is 49.9 Å². The maximum atomic E-state index is 12.6. The average Bonchev–Trinajstić information content (AvgIpc) is 2.83. The van der Waals surface area contributed by atoms with Crippen molar-refractivity contribution in [3.8, 4) is 11.5 Å². The number of anilines is 2. The molecule has 1 heterocycles. The minimum Gasteiger partial charge on any atom is -0.493 e. The number of benzene rings is 2. The van der Waals surface area contributed by atoms with Crippen LogP contribution in [-0.2, 0) is 9.53 Å². The van der Waals surface area contributed by atoms with Gasteiger partial charge in [-0.3, -0.25) is 14.9 Å². The first-order valence-electron chi connectivity index (χ1n) is 11.0. The van der Waals surface area contributed by atoms with Gasteiger partial charge in [0.05, 0.1) is 24.7 Å². The molecule has 10 nitrogen and oxygen atoms in total. The highest BCUT2D eigenvalue weighted by molar-refractivity contribution is 5.98. The molecule has 1 aliphatic heterocycles. The second-order valence-corrected chi connectivity index (χ2v) is 8.24. The number of nitro groups is 1. The number of nitrogens with one attached hydrogen (secondary N) is 1. The predicted molar refractivity (Wildman–Crippen MR) is 127 cm³/mol. The molecule has 2 aromatic rings. The van der Waals surface area contributed by atoms with Crippen LogP contribution in [0.2, 0.25) is 0 Å². The number of nitro benzene ring substituents is 1. The molecule has 0 bridgehead atoms. The van der Waals surface area contributed by atoms with E-state index in [0.717, 1.165) is 25.9 Å². The summed E-state index contributed by atoms with van der Waals surface area (Å²) in [5.74, 6) is 0.131. The summed E-state index contributed by atoms with van der Waals surface area (Å²) in [7, 11) is 2.98. The average molecular weight is 472 g/mol. The third kappa shape index (κ3) is 5.75. The monoisotopic (exact) mass is 471 g/mol. The number of carbonyl (C=O) groups excluding carboxylic acids is 2. The van der Waals surface area contributed by atoms with Crippen LogP contribution in [0.1, 0.15) is 37.0 Å². The van der Waals surface area contributed by atoms with E-state index in [-0.39, 0.29) is 11.3 Å². The van der Waals surface area contributed by atoms with Crippen LogP contribution in [0.3, 0.4) is 0 Å². The Kier molecular flexibility index (Phi) is 7.93. The van der Waals surface area contributed by atoms with Gasteiger partial charge in [0, 0.05) is 30.9 Å². The Labute approximate surface area is 197 Å². The standard InChI is InChI=1S/C24H29N3O7/c1-15-9-11-26(12-10-15)19-7-5-17(13-20(19)27(30)31)24(29)34-16(2)23(28)25-18-6-8-21(32-3)22(14-18)33-4/h5-8,13-16H,9-12H2,1-4H3,(H,25,28). The minimum atomic E-state index is -1.14. The van der Waals surface area contributed by atoms with Crippen LogP contribution < -0.4 is 19.7 Å². The van der Waals surface area contributed by atoms with Crippen molar-refractivity contribution in [3.05, 3.63) is 52.1 Å². The lowest BCUT2D eigenvalue weighted by Crippen LogP contribution is -2.33. The number of piperidine rings is 1. The Hall–Kier alpha value is -3.82. The Morgan fingerprint density at radius 3 is 2.38 bits per heavy atom. The zero-order valence-corrected chi connectivity index (χ0v) is 19.7. The molecule has 0 radical (unpaired) electrons. The molecule has 1 unspecified atom stereocenters. The molecule has 34 heavy (non-hydrogen) atoms. The number of rotatable bonds is 8. The molecule has 0 aliphatic carbocycles. The molecule has 182 valence electrons. The van der Waals surface area contributed by atoms with Gasteiger partial charge in [0.25, 0.3) is 11.6 Å². The molecule has 1 aliphatic rings. The number of nitrogens with zero attached hydrogens (tertiary/aromatic N) is 2.